The van der Waals surface area contributed by atoms with Crippen LogP contribution in [0, 0.1) is 23.0 Å². The van der Waals surface area contributed by atoms with Gasteiger partial charge in [0.15, 0.2) is 11.5 Å². The molecule has 8 heteroatoms. The van der Waals surface area contributed by atoms with Gasteiger partial charge >= 0.3 is 5.69 Å². The molecule has 0 radical (unpaired) electrons. The first-order valence-corrected chi connectivity index (χ1v) is 7.64. The summed E-state index contributed by atoms with van der Waals surface area (Å²) in [5.74, 6) is 1.05. The van der Waals surface area contributed by atoms with Crippen molar-refractivity contribution in [2.45, 2.75) is 26.8 Å². The summed E-state index contributed by atoms with van der Waals surface area (Å²) in [5.41, 5.74) is 1.42. The lowest BCUT2D eigenvalue weighted by molar-refractivity contribution is -0.384. The molecule has 0 amide bonds. The topological polar surface area (TPSA) is 98.2 Å². The minimum absolute atomic E-state index is 0.0468. The Bertz CT molecular complexity index is 889. The van der Waals surface area contributed by atoms with Gasteiger partial charge in [-0.25, -0.2) is 4.98 Å². The number of anilines is 1. The van der Waals surface area contributed by atoms with Crippen LogP contribution in [-0.4, -0.2) is 24.5 Å². The molecule has 0 bridgehead atoms. The van der Waals surface area contributed by atoms with E-state index in [4.69, 9.17) is 0 Å². The Balaban J connectivity index is 2.03. The van der Waals surface area contributed by atoms with Crippen molar-refractivity contribution in [3.05, 3.63) is 58.2 Å². The molecular formula is C16H18N6O2. The maximum absolute atomic E-state index is 11.3. The lowest BCUT2D eigenvalue weighted by Crippen LogP contribution is -2.21. The summed E-state index contributed by atoms with van der Waals surface area (Å²) >= 11 is 0. The predicted octanol–water partition coefficient (Wildman–Crippen LogP) is 3.15. The lowest BCUT2D eigenvalue weighted by Gasteiger charge is -2.21. The van der Waals surface area contributed by atoms with Crippen molar-refractivity contribution in [2.24, 2.45) is 5.92 Å². The predicted molar refractivity (Wildman–Crippen MR) is 89.8 cm³/mol. The zero-order valence-electron chi connectivity index (χ0n) is 13.7. The first-order chi connectivity index (χ1) is 11.5. The fraction of sp³-hybridized carbons (Fsp3) is 0.312. The molecule has 124 valence electrons. The van der Waals surface area contributed by atoms with E-state index in [1.165, 1.54) is 6.07 Å². The van der Waals surface area contributed by atoms with Gasteiger partial charge in [0, 0.05) is 18.5 Å². The van der Waals surface area contributed by atoms with Crippen molar-refractivity contribution >= 4 is 17.2 Å². The van der Waals surface area contributed by atoms with Gasteiger partial charge in [0.05, 0.1) is 11.0 Å². The third-order valence-electron chi connectivity index (χ3n) is 3.78. The number of hydrogen-bond acceptors (Lipinski definition) is 6. The lowest BCUT2D eigenvalue weighted by atomic mass is 10.0. The molecule has 1 N–H and O–H groups in total. The molecule has 1 atom stereocenters. The molecule has 24 heavy (non-hydrogen) atoms. The van der Waals surface area contributed by atoms with Gasteiger partial charge in [-0.15, -0.1) is 10.2 Å². The van der Waals surface area contributed by atoms with Crippen molar-refractivity contribution in [3.63, 3.8) is 0 Å². The Labute approximate surface area is 138 Å². The second-order valence-electron chi connectivity index (χ2n) is 5.99. The highest BCUT2D eigenvalue weighted by molar-refractivity contribution is 5.57. The summed E-state index contributed by atoms with van der Waals surface area (Å²) in [6, 6.07) is 6.88. The number of nitrogens with zero attached hydrogens (tertiary/aromatic N) is 5. The van der Waals surface area contributed by atoms with Gasteiger partial charge in [-0.05, 0) is 30.5 Å². The van der Waals surface area contributed by atoms with E-state index in [0.29, 0.717) is 5.82 Å². The van der Waals surface area contributed by atoms with Crippen LogP contribution in [0.3, 0.4) is 0 Å². The monoisotopic (exact) mass is 326 g/mol. The van der Waals surface area contributed by atoms with Gasteiger partial charge < -0.3 is 5.32 Å². The number of aryl methyl sites for hydroxylation is 1. The first-order valence-electron chi connectivity index (χ1n) is 7.64. The van der Waals surface area contributed by atoms with E-state index in [1.807, 2.05) is 42.6 Å². The molecule has 3 heterocycles. The van der Waals surface area contributed by atoms with Crippen LogP contribution >= 0.6 is 0 Å². The molecular weight excluding hydrogens is 308 g/mol. The van der Waals surface area contributed by atoms with Crippen molar-refractivity contribution in [2.75, 3.05) is 5.32 Å². The molecule has 0 unspecified atom stereocenters. The third kappa shape index (κ3) is 2.90. The van der Waals surface area contributed by atoms with Crippen molar-refractivity contribution in [1.29, 1.82) is 0 Å². The normalized spacial score (nSPS) is 12.5. The standard InChI is InChI=1S/C16H18N6O2/c1-10(2)14(16-20-19-13-6-4-5-7-21(13)16)18-15-12(22(23)24)8-11(3)9-17-15/h4-10,14H,1-3H3,(H,17,18)/t14-/m0/s1. The molecule has 0 aliphatic heterocycles. The average Bonchev–Trinajstić information content (AvgIpc) is 2.97. The summed E-state index contributed by atoms with van der Waals surface area (Å²) in [7, 11) is 0. The molecule has 0 aliphatic rings. The van der Waals surface area contributed by atoms with Crippen LogP contribution < -0.4 is 5.32 Å². The summed E-state index contributed by atoms with van der Waals surface area (Å²) < 4.78 is 1.87. The van der Waals surface area contributed by atoms with E-state index >= 15 is 0 Å². The van der Waals surface area contributed by atoms with E-state index in [2.05, 4.69) is 20.5 Å². The smallest absolute Gasteiger partial charge is 0.311 e. The van der Waals surface area contributed by atoms with Crippen LogP contribution in [0.4, 0.5) is 11.5 Å². The maximum atomic E-state index is 11.3. The highest BCUT2D eigenvalue weighted by Crippen LogP contribution is 2.30. The van der Waals surface area contributed by atoms with E-state index in [0.717, 1.165) is 11.2 Å². The van der Waals surface area contributed by atoms with Crippen LogP contribution in [-0.2, 0) is 0 Å². The molecule has 0 aromatic carbocycles. The van der Waals surface area contributed by atoms with Gasteiger partial charge in [-0.1, -0.05) is 19.9 Å². The number of aromatic nitrogens is 4. The van der Waals surface area contributed by atoms with Crippen LogP contribution in [0.2, 0.25) is 0 Å². The Kier molecular flexibility index (Phi) is 4.11. The first kappa shape index (κ1) is 15.9. The minimum Gasteiger partial charge on any atom is -0.354 e. The molecule has 0 saturated heterocycles. The molecule has 3 aromatic rings. The molecule has 3 rings (SSSR count). The van der Waals surface area contributed by atoms with Crippen LogP contribution in [0.15, 0.2) is 36.7 Å². The summed E-state index contributed by atoms with van der Waals surface area (Å²) in [4.78, 5) is 15.1. The zero-order valence-corrected chi connectivity index (χ0v) is 13.7. The van der Waals surface area contributed by atoms with Crippen molar-refractivity contribution < 1.29 is 4.92 Å². The fourth-order valence-electron chi connectivity index (χ4n) is 2.55. The zero-order chi connectivity index (χ0) is 17.3. The SMILES string of the molecule is Cc1cnc(N[C@H](c2nnc3ccccn23)C(C)C)c([N+](=O)[O-])c1. The fourth-order valence-corrected chi connectivity index (χ4v) is 2.55. The molecule has 0 fully saturated rings. The summed E-state index contributed by atoms with van der Waals surface area (Å²) in [5, 5.41) is 22.9. The van der Waals surface area contributed by atoms with E-state index in [-0.39, 0.29) is 23.5 Å². The summed E-state index contributed by atoms with van der Waals surface area (Å²) in [6.45, 7) is 5.80. The largest absolute Gasteiger partial charge is 0.354 e. The minimum atomic E-state index is -0.429. The third-order valence-corrected chi connectivity index (χ3v) is 3.78. The molecule has 0 aliphatic carbocycles. The number of fused-ring (bicyclic) bond motifs is 1. The molecule has 0 saturated carbocycles. The number of nitrogens with one attached hydrogen (secondary N) is 1. The molecule has 3 aromatic heterocycles. The second kappa shape index (κ2) is 6.23. The Morgan fingerprint density at radius 3 is 2.79 bits per heavy atom. The molecule has 8 nitrogen and oxygen atoms in total. The van der Waals surface area contributed by atoms with Gasteiger partial charge in [-0.2, -0.15) is 0 Å². The van der Waals surface area contributed by atoms with Gasteiger partial charge in [0.2, 0.25) is 5.82 Å². The number of rotatable bonds is 5. The second-order valence-corrected chi connectivity index (χ2v) is 5.99. The van der Waals surface area contributed by atoms with Gasteiger partial charge in [0.1, 0.15) is 0 Å². The van der Waals surface area contributed by atoms with Crippen LogP contribution in [0.25, 0.3) is 5.65 Å². The van der Waals surface area contributed by atoms with Crippen LogP contribution in [0.5, 0.6) is 0 Å². The van der Waals surface area contributed by atoms with Crippen molar-refractivity contribution in [1.82, 2.24) is 19.6 Å². The van der Waals surface area contributed by atoms with Gasteiger partial charge in [-0.3, -0.25) is 14.5 Å². The quantitative estimate of drug-likeness (QED) is 0.571. The van der Waals surface area contributed by atoms with Crippen LogP contribution in [0.1, 0.15) is 31.3 Å². The highest BCUT2D eigenvalue weighted by atomic mass is 16.6. The van der Waals surface area contributed by atoms with Crippen molar-refractivity contribution in [3.8, 4) is 0 Å². The number of hydrogen-bond donors (Lipinski definition) is 1. The van der Waals surface area contributed by atoms with E-state index < -0.39 is 4.92 Å². The number of nitro groups is 1. The average molecular weight is 326 g/mol. The number of pyridine rings is 2. The van der Waals surface area contributed by atoms with E-state index in [9.17, 15) is 10.1 Å². The Morgan fingerprint density at radius 2 is 2.08 bits per heavy atom. The maximum Gasteiger partial charge on any atom is 0.311 e. The Morgan fingerprint density at radius 1 is 1.29 bits per heavy atom. The van der Waals surface area contributed by atoms with Gasteiger partial charge in [0.25, 0.3) is 0 Å². The molecule has 0 spiro atoms. The summed E-state index contributed by atoms with van der Waals surface area (Å²) in [6.07, 6.45) is 3.48. The highest BCUT2D eigenvalue weighted by Gasteiger charge is 2.25. The Hall–Kier alpha value is -3.03. The van der Waals surface area contributed by atoms with E-state index in [1.54, 1.807) is 13.1 Å².